The number of carbonyl (C=O) groups is 3. The standard InChI is InChI=1S/C23H33N3O3/c1-3-21(28)25-13-10-23(11-14-25,22(24)29)15-18-7-4-5-9-20(18)19-8-6-12-26(16-19)17(2)27/h4-5,7,9,19H,3,6,8,10-16H2,1-2H3,(H2,24,29)/t19-/m1/s1. The lowest BCUT2D eigenvalue weighted by atomic mass is 9.71. The minimum absolute atomic E-state index is 0.119. The second-order valence-corrected chi connectivity index (χ2v) is 8.56. The van der Waals surface area contributed by atoms with Gasteiger partial charge in [-0.15, -0.1) is 0 Å². The molecule has 0 aliphatic carbocycles. The molecule has 29 heavy (non-hydrogen) atoms. The van der Waals surface area contributed by atoms with Crippen molar-refractivity contribution in [3.8, 4) is 0 Å². The summed E-state index contributed by atoms with van der Waals surface area (Å²) in [5.41, 5.74) is 7.66. The molecule has 0 unspecified atom stereocenters. The third kappa shape index (κ3) is 4.62. The largest absolute Gasteiger partial charge is 0.369 e. The van der Waals surface area contributed by atoms with Crippen LogP contribution in [0.2, 0.25) is 0 Å². The minimum Gasteiger partial charge on any atom is -0.369 e. The summed E-state index contributed by atoms with van der Waals surface area (Å²) in [6, 6.07) is 8.27. The number of nitrogens with two attached hydrogens (primary N) is 1. The normalized spacial score (nSPS) is 21.7. The molecule has 0 radical (unpaired) electrons. The Morgan fingerprint density at radius 3 is 2.41 bits per heavy atom. The van der Waals surface area contributed by atoms with E-state index in [0.717, 1.165) is 31.5 Å². The highest BCUT2D eigenvalue weighted by molar-refractivity contribution is 5.82. The second-order valence-electron chi connectivity index (χ2n) is 8.56. The van der Waals surface area contributed by atoms with Gasteiger partial charge in [0.2, 0.25) is 17.7 Å². The molecule has 2 heterocycles. The van der Waals surface area contributed by atoms with E-state index in [9.17, 15) is 14.4 Å². The summed E-state index contributed by atoms with van der Waals surface area (Å²) in [7, 11) is 0. The fourth-order valence-corrected chi connectivity index (χ4v) is 4.89. The van der Waals surface area contributed by atoms with Gasteiger partial charge in [-0.2, -0.15) is 0 Å². The number of carbonyl (C=O) groups excluding carboxylic acids is 3. The van der Waals surface area contributed by atoms with E-state index in [1.165, 1.54) is 5.56 Å². The van der Waals surface area contributed by atoms with Gasteiger partial charge in [0.05, 0.1) is 5.41 Å². The van der Waals surface area contributed by atoms with Crippen molar-refractivity contribution in [3.05, 3.63) is 35.4 Å². The van der Waals surface area contributed by atoms with Crippen LogP contribution in [0.3, 0.4) is 0 Å². The number of benzene rings is 1. The van der Waals surface area contributed by atoms with Crippen LogP contribution in [0.15, 0.2) is 24.3 Å². The summed E-state index contributed by atoms with van der Waals surface area (Å²) >= 11 is 0. The van der Waals surface area contributed by atoms with Crippen molar-refractivity contribution < 1.29 is 14.4 Å². The molecule has 0 bridgehead atoms. The highest BCUT2D eigenvalue weighted by Crippen LogP contribution is 2.38. The molecule has 1 atom stereocenters. The van der Waals surface area contributed by atoms with Crippen LogP contribution in [0.25, 0.3) is 0 Å². The van der Waals surface area contributed by atoms with Gasteiger partial charge in [0.25, 0.3) is 0 Å². The van der Waals surface area contributed by atoms with Crippen LogP contribution in [0.1, 0.15) is 63.0 Å². The van der Waals surface area contributed by atoms with Gasteiger partial charge in [-0.3, -0.25) is 14.4 Å². The number of nitrogens with zero attached hydrogens (tertiary/aromatic N) is 2. The predicted molar refractivity (Wildman–Crippen MR) is 112 cm³/mol. The lowest BCUT2D eigenvalue weighted by molar-refractivity contribution is -0.138. The van der Waals surface area contributed by atoms with E-state index in [1.54, 1.807) is 6.92 Å². The fraction of sp³-hybridized carbons (Fsp3) is 0.609. The summed E-state index contributed by atoms with van der Waals surface area (Å²) in [6.07, 6.45) is 4.33. The molecule has 3 amide bonds. The number of piperidine rings is 2. The van der Waals surface area contributed by atoms with E-state index >= 15 is 0 Å². The highest BCUT2D eigenvalue weighted by Gasteiger charge is 2.41. The van der Waals surface area contributed by atoms with Crippen molar-refractivity contribution in [1.82, 2.24) is 9.80 Å². The number of amides is 3. The average Bonchev–Trinajstić information content (AvgIpc) is 2.74. The van der Waals surface area contributed by atoms with Crippen molar-refractivity contribution in [1.29, 1.82) is 0 Å². The molecule has 2 aliphatic heterocycles. The minimum atomic E-state index is -0.616. The van der Waals surface area contributed by atoms with E-state index in [4.69, 9.17) is 5.73 Å². The number of rotatable bonds is 5. The summed E-state index contributed by atoms with van der Waals surface area (Å²) in [5, 5.41) is 0. The molecule has 0 saturated carbocycles. The maximum Gasteiger partial charge on any atom is 0.224 e. The Morgan fingerprint density at radius 2 is 1.79 bits per heavy atom. The number of hydrogen-bond donors (Lipinski definition) is 1. The molecule has 158 valence electrons. The van der Waals surface area contributed by atoms with Crippen LogP contribution in [-0.4, -0.2) is 53.7 Å². The number of likely N-dealkylation sites (tertiary alicyclic amines) is 2. The van der Waals surface area contributed by atoms with E-state index in [2.05, 4.69) is 12.1 Å². The van der Waals surface area contributed by atoms with Crippen LogP contribution in [0.4, 0.5) is 0 Å². The fourth-order valence-electron chi connectivity index (χ4n) is 4.89. The van der Waals surface area contributed by atoms with Crippen molar-refractivity contribution in [3.63, 3.8) is 0 Å². The van der Waals surface area contributed by atoms with Gasteiger partial charge < -0.3 is 15.5 Å². The van der Waals surface area contributed by atoms with E-state index in [0.29, 0.717) is 38.8 Å². The van der Waals surface area contributed by atoms with Crippen molar-refractivity contribution in [2.45, 2.75) is 58.3 Å². The smallest absolute Gasteiger partial charge is 0.224 e. The van der Waals surface area contributed by atoms with Crippen molar-refractivity contribution >= 4 is 17.7 Å². The zero-order chi connectivity index (χ0) is 21.0. The molecule has 0 aromatic heterocycles. The number of hydrogen-bond acceptors (Lipinski definition) is 3. The molecule has 2 saturated heterocycles. The Balaban J connectivity index is 1.81. The maximum atomic E-state index is 12.5. The Labute approximate surface area is 173 Å². The molecule has 1 aromatic rings. The second kappa shape index (κ2) is 8.97. The van der Waals surface area contributed by atoms with E-state index in [-0.39, 0.29) is 23.6 Å². The summed E-state index contributed by atoms with van der Waals surface area (Å²) in [6.45, 7) is 6.21. The molecule has 6 heteroatoms. The van der Waals surface area contributed by atoms with Gasteiger partial charge in [-0.25, -0.2) is 0 Å². The van der Waals surface area contributed by atoms with Gasteiger partial charge in [0, 0.05) is 45.4 Å². The first-order chi connectivity index (χ1) is 13.9. The average molecular weight is 400 g/mol. The van der Waals surface area contributed by atoms with Crippen LogP contribution >= 0.6 is 0 Å². The lowest BCUT2D eigenvalue weighted by Crippen LogP contribution is -2.50. The van der Waals surface area contributed by atoms with E-state index < -0.39 is 5.41 Å². The van der Waals surface area contributed by atoms with Gasteiger partial charge in [0.15, 0.2) is 0 Å². The van der Waals surface area contributed by atoms with Crippen LogP contribution in [0.5, 0.6) is 0 Å². The van der Waals surface area contributed by atoms with Gasteiger partial charge in [-0.1, -0.05) is 31.2 Å². The first kappa shape index (κ1) is 21.3. The van der Waals surface area contributed by atoms with Crippen LogP contribution < -0.4 is 5.73 Å². The molecule has 2 aliphatic rings. The molecule has 2 N–H and O–H groups in total. The van der Waals surface area contributed by atoms with Gasteiger partial charge >= 0.3 is 0 Å². The van der Waals surface area contributed by atoms with E-state index in [1.807, 2.05) is 28.9 Å². The summed E-state index contributed by atoms with van der Waals surface area (Å²) in [5.74, 6) is 0.268. The Bertz CT molecular complexity index is 768. The van der Waals surface area contributed by atoms with Crippen molar-refractivity contribution in [2.75, 3.05) is 26.2 Å². The van der Waals surface area contributed by atoms with Gasteiger partial charge in [0.1, 0.15) is 0 Å². The molecule has 6 nitrogen and oxygen atoms in total. The first-order valence-electron chi connectivity index (χ1n) is 10.8. The maximum absolute atomic E-state index is 12.5. The lowest BCUT2D eigenvalue weighted by Gasteiger charge is -2.40. The predicted octanol–water partition coefficient (Wildman–Crippen LogP) is 2.46. The van der Waals surface area contributed by atoms with Crippen LogP contribution in [-0.2, 0) is 20.8 Å². The van der Waals surface area contributed by atoms with Gasteiger partial charge in [-0.05, 0) is 43.2 Å². The molecule has 0 spiro atoms. The third-order valence-electron chi connectivity index (χ3n) is 6.79. The summed E-state index contributed by atoms with van der Waals surface area (Å²) < 4.78 is 0. The highest BCUT2D eigenvalue weighted by atomic mass is 16.2. The monoisotopic (exact) mass is 399 g/mol. The Morgan fingerprint density at radius 1 is 1.10 bits per heavy atom. The summed E-state index contributed by atoms with van der Waals surface area (Å²) in [4.78, 5) is 40.2. The Kier molecular flexibility index (Phi) is 6.60. The Hall–Kier alpha value is -2.37. The topological polar surface area (TPSA) is 83.7 Å². The SMILES string of the molecule is CCC(=O)N1CCC(Cc2ccccc2[C@@H]2CCCN(C(C)=O)C2)(C(N)=O)CC1. The first-order valence-corrected chi connectivity index (χ1v) is 10.8. The third-order valence-corrected chi connectivity index (χ3v) is 6.79. The molecular weight excluding hydrogens is 366 g/mol. The van der Waals surface area contributed by atoms with Crippen LogP contribution in [0, 0.1) is 5.41 Å². The molecular formula is C23H33N3O3. The molecule has 2 fully saturated rings. The molecule has 1 aromatic carbocycles. The molecule has 3 rings (SSSR count). The number of primary amides is 1. The zero-order valence-corrected chi connectivity index (χ0v) is 17.7. The van der Waals surface area contributed by atoms with Crippen molar-refractivity contribution in [2.24, 2.45) is 11.1 Å². The quantitative estimate of drug-likeness (QED) is 0.825. The zero-order valence-electron chi connectivity index (χ0n) is 17.7.